The molecule has 1 heterocycles. The molecular weight excluding hydrogens is 422 g/mol. The van der Waals surface area contributed by atoms with E-state index in [1.807, 2.05) is 19.9 Å². The number of amides is 2. The molecule has 0 aromatic heterocycles. The normalized spacial score (nSPS) is 12.5. The topological polar surface area (TPSA) is 90.0 Å². The number of nitrogens with zero attached hydrogens (tertiary/aromatic N) is 1. The maximum absolute atomic E-state index is 13.0. The lowest BCUT2D eigenvalue weighted by Crippen LogP contribution is -2.29. The molecule has 0 saturated heterocycles. The summed E-state index contributed by atoms with van der Waals surface area (Å²) in [6, 6.07) is 15.9. The van der Waals surface area contributed by atoms with Crippen LogP contribution in [0.25, 0.3) is 0 Å². The number of rotatable bonds is 6. The van der Waals surface area contributed by atoms with Crippen molar-refractivity contribution in [2.75, 3.05) is 18.6 Å². The number of ether oxygens (including phenoxy) is 2. The van der Waals surface area contributed by atoms with E-state index in [2.05, 4.69) is 0 Å². The van der Waals surface area contributed by atoms with Gasteiger partial charge in [0.2, 0.25) is 0 Å². The van der Waals surface area contributed by atoms with Gasteiger partial charge in [0.25, 0.3) is 11.8 Å². The van der Waals surface area contributed by atoms with Gasteiger partial charge in [-0.05, 0) is 79.6 Å². The number of hydrogen-bond acceptors (Lipinski definition) is 6. The number of Topliss-reactive ketones (excluding diaryl/α,β-unsaturated/α-hetero) is 1. The van der Waals surface area contributed by atoms with Crippen LogP contribution in [0.4, 0.5) is 5.69 Å². The lowest BCUT2D eigenvalue weighted by Gasteiger charge is -2.15. The van der Waals surface area contributed by atoms with E-state index in [-0.39, 0.29) is 22.5 Å². The van der Waals surface area contributed by atoms with Crippen LogP contribution >= 0.6 is 0 Å². The van der Waals surface area contributed by atoms with Crippen molar-refractivity contribution in [3.05, 3.63) is 94.0 Å². The molecule has 0 saturated carbocycles. The molecule has 4 rings (SSSR count). The molecule has 0 atom stereocenters. The molecule has 0 N–H and O–H groups in total. The zero-order valence-electron chi connectivity index (χ0n) is 18.4. The zero-order valence-corrected chi connectivity index (χ0v) is 18.4. The van der Waals surface area contributed by atoms with Crippen molar-refractivity contribution in [2.45, 2.75) is 13.8 Å². The van der Waals surface area contributed by atoms with E-state index >= 15 is 0 Å². The summed E-state index contributed by atoms with van der Waals surface area (Å²) in [7, 11) is 1.52. The fraction of sp³-hybridized carbons (Fsp3) is 0.154. The first-order valence-electron chi connectivity index (χ1n) is 10.2. The lowest BCUT2D eigenvalue weighted by atomic mass is 10.1. The van der Waals surface area contributed by atoms with Gasteiger partial charge in [0.15, 0.2) is 12.4 Å². The average Bonchev–Trinajstić information content (AvgIpc) is 3.08. The number of aryl methyl sites for hydroxylation is 2. The van der Waals surface area contributed by atoms with Gasteiger partial charge in [-0.2, -0.15) is 0 Å². The van der Waals surface area contributed by atoms with E-state index in [1.54, 1.807) is 36.4 Å². The molecule has 0 radical (unpaired) electrons. The summed E-state index contributed by atoms with van der Waals surface area (Å²) >= 11 is 0. The monoisotopic (exact) mass is 443 g/mol. The largest absolute Gasteiger partial charge is 0.497 e. The highest BCUT2D eigenvalue weighted by atomic mass is 16.5. The van der Waals surface area contributed by atoms with E-state index in [0.717, 1.165) is 16.0 Å². The van der Waals surface area contributed by atoms with Crippen LogP contribution < -0.4 is 9.64 Å². The van der Waals surface area contributed by atoms with Crippen LogP contribution in [0.5, 0.6) is 5.75 Å². The summed E-state index contributed by atoms with van der Waals surface area (Å²) in [4.78, 5) is 51.7. The first-order chi connectivity index (χ1) is 15.8. The van der Waals surface area contributed by atoms with Gasteiger partial charge in [0, 0.05) is 5.56 Å². The molecular formula is C26H21NO6. The first kappa shape index (κ1) is 22.0. The van der Waals surface area contributed by atoms with Crippen molar-refractivity contribution in [1.29, 1.82) is 0 Å². The molecule has 0 fully saturated rings. The summed E-state index contributed by atoms with van der Waals surface area (Å²) in [5.74, 6) is -1.49. The Kier molecular flexibility index (Phi) is 5.79. The summed E-state index contributed by atoms with van der Waals surface area (Å²) in [5, 5.41) is 0. The van der Waals surface area contributed by atoms with Gasteiger partial charge in [-0.3, -0.25) is 14.4 Å². The van der Waals surface area contributed by atoms with Gasteiger partial charge in [0.1, 0.15) is 5.75 Å². The van der Waals surface area contributed by atoms with Gasteiger partial charge >= 0.3 is 5.97 Å². The second-order valence-electron chi connectivity index (χ2n) is 7.70. The predicted molar refractivity (Wildman–Crippen MR) is 121 cm³/mol. The van der Waals surface area contributed by atoms with Crippen LogP contribution in [-0.2, 0) is 4.74 Å². The van der Waals surface area contributed by atoms with E-state index in [4.69, 9.17) is 9.47 Å². The Morgan fingerprint density at radius 1 is 0.788 bits per heavy atom. The predicted octanol–water partition coefficient (Wildman–Crippen LogP) is 4.15. The van der Waals surface area contributed by atoms with Crippen LogP contribution in [0, 0.1) is 13.8 Å². The molecule has 3 aromatic carbocycles. The minimum atomic E-state index is -0.760. The number of benzene rings is 3. The van der Waals surface area contributed by atoms with Gasteiger partial charge < -0.3 is 9.47 Å². The molecule has 0 aliphatic carbocycles. The first-order valence-corrected chi connectivity index (χ1v) is 10.2. The molecule has 33 heavy (non-hydrogen) atoms. The molecule has 7 heteroatoms. The maximum atomic E-state index is 13.0. The molecule has 0 bridgehead atoms. The second kappa shape index (κ2) is 8.70. The number of esters is 1. The Balaban J connectivity index is 1.49. The highest BCUT2D eigenvalue weighted by Crippen LogP contribution is 2.30. The minimum Gasteiger partial charge on any atom is -0.497 e. The number of imide groups is 1. The third-order valence-corrected chi connectivity index (χ3v) is 5.62. The lowest BCUT2D eigenvalue weighted by molar-refractivity contribution is 0.0474. The van der Waals surface area contributed by atoms with Crippen molar-refractivity contribution in [1.82, 2.24) is 0 Å². The summed E-state index contributed by atoms with van der Waals surface area (Å²) in [6.07, 6.45) is 0. The van der Waals surface area contributed by atoms with Gasteiger partial charge in [-0.1, -0.05) is 6.07 Å². The molecule has 7 nitrogen and oxygen atoms in total. The molecule has 1 aliphatic rings. The number of carbonyl (C=O) groups excluding carboxylic acids is 4. The fourth-order valence-electron chi connectivity index (χ4n) is 3.54. The fourth-order valence-corrected chi connectivity index (χ4v) is 3.54. The van der Waals surface area contributed by atoms with Crippen molar-refractivity contribution in [2.24, 2.45) is 0 Å². The van der Waals surface area contributed by atoms with Crippen molar-refractivity contribution >= 4 is 29.3 Å². The summed E-state index contributed by atoms with van der Waals surface area (Å²) in [6.45, 7) is 3.39. The second-order valence-corrected chi connectivity index (χ2v) is 7.70. The number of hydrogen-bond donors (Lipinski definition) is 0. The zero-order chi connectivity index (χ0) is 23.7. The molecule has 166 valence electrons. The van der Waals surface area contributed by atoms with Crippen LogP contribution in [-0.4, -0.2) is 37.3 Å². The Morgan fingerprint density at radius 2 is 1.45 bits per heavy atom. The maximum Gasteiger partial charge on any atom is 0.338 e. The Bertz CT molecular complexity index is 1290. The third kappa shape index (κ3) is 4.13. The highest BCUT2D eigenvalue weighted by Gasteiger charge is 2.37. The SMILES string of the molecule is COc1ccc(C(=O)COC(=O)c2ccc3c(c2)C(=O)N(c2ccc(C)c(C)c2)C3=O)cc1. The Hall–Kier alpha value is -4.26. The summed E-state index contributed by atoms with van der Waals surface area (Å²) < 4.78 is 10.2. The third-order valence-electron chi connectivity index (χ3n) is 5.62. The molecule has 1 aliphatic heterocycles. The van der Waals surface area contributed by atoms with Crippen molar-refractivity contribution in [3.8, 4) is 5.75 Å². The average molecular weight is 443 g/mol. The molecule has 3 aromatic rings. The number of methoxy groups -OCH3 is 1. The van der Waals surface area contributed by atoms with Crippen LogP contribution in [0.1, 0.15) is 52.6 Å². The molecule has 2 amide bonds. The minimum absolute atomic E-state index is 0.0827. The highest BCUT2D eigenvalue weighted by molar-refractivity contribution is 6.34. The van der Waals surface area contributed by atoms with E-state index in [0.29, 0.717) is 17.0 Å². The Labute approximate surface area is 190 Å². The number of anilines is 1. The van der Waals surface area contributed by atoms with Crippen LogP contribution in [0.2, 0.25) is 0 Å². The van der Waals surface area contributed by atoms with E-state index < -0.39 is 24.4 Å². The van der Waals surface area contributed by atoms with Crippen LogP contribution in [0.3, 0.4) is 0 Å². The molecule has 0 unspecified atom stereocenters. The van der Waals surface area contributed by atoms with Gasteiger partial charge in [-0.15, -0.1) is 0 Å². The van der Waals surface area contributed by atoms with E-state index in [1.165, 1.54) is 25.3 Å². The quantitative estimate of drug-likeness (QED) is 0.323. The van der Waals surface area contributed by atoms with Crippen LogP contribution in [0.15, 0.2) is 60.7 Å². The van der Waals surface area contributed by atoms with Gasteiger partial charge in [-0.25, -0.2) is 9.69 Å². The van der Waals surface area contributed by atoms with Crippen molar-refractivity contribution < 1.29 is 28.7 Å². The standard InChI is InChI=1S/C26H21NO6/c1-15-4-8-19(12-16(15)2)27-24(29)21-11-7-18(13-22(21)25(27)30)26(31)33-14-23(28)17-5-9-20(32-3)10-6-17/h4-13H,14H2,1-3H3. The summed E-state index contributed by atoms with van der Waals surface area (Å²) in [5.41, 5.74) is 3.26. The number of carbonyl (C=O) groups is 4. The number of ketones is 1. The molecule has 0 spiro atoms. The van der Waals surface area contributed by atoms with E-state index in [9.17, 15) is 19.2 Å². The van der Waals surface area contributed by atoms with Gasteiger partial charge in [0.05, 0.1) is 29.5 Å². The smallest absolute Gasteiger partial charge is 0.338 e. The Morgan fingerprint density at radius 3 is 2.12 bits per heavy atom. The van der Waals surface area contributed by atoms with Crippen molar-refractivity contribution in [3.63, 3.8) is 0 Å². The number of fused-ring (bicyclic) bond motifs is 1.